The van der Waals surface area contributed by atoms with Crippen molar-refractivity contribution in [3.63, 3.8) is 0 Å². The summed E-state index contributed by atoms with van der Waals surface area (Å²) in [4.78, 5) is 6.90. The molecule has 0 aromatic carbocycles. The number of alkyl halides is 1. The average molecular weight is 276 g/mol. The van der Waals surface area contributed by atoms with Crippen LogP contribution in [0, 0.1) is 0 Å². The molecule has 1 saturated carbocycles. The van der Waals surface area contributed by atoms with Crippen molar-refractivity contribution in [1.82, 2.24) is 9.36 Å². The van der Waals surface area contributed by atoms with E-state index in [2.05, 4.69) is 37.1 Å². The van der Waals surface area contributed by atoms with Crippen molar-refractivity contribution in [1.29, 1.82) is 0 Å². The van der Waals surface area contributed by atoms with E-state index in [1.807, 2.05) is 0 Å². The van der Waals surface area contributed by atoms with Gasteiger partial charge in [-0.15, -0.1) is 0 Å². The molecule has 0 spiro atoms. The molecule has 1 fully saturated rings. The van der Waals surface area contributed by atoms with Gasteiger partial charge in [0.15, 0.2) is 0 Å². The highest BCUT2D eigenvalue weighted by molar-refractivity contribution is 9.09. The number of aryl methyl sites for hydroxylation is 1. The lowest BCUT2D eigenvalue weighted by molar-refractivity contribution is 0.822. The fourth-order valence-electron chi connectivity index (χ4n) is 1.42. The van der Waals surface area contributed by atoms with E-state index < -0.39 is 0 Å². The summed E-state index contributed by atoms with van der Waals surface area (Å²) in [6.45, 7) is 3.14. The summed E-state index contributed by atoms with van der Waals surface area (Å²) in [5.41, 5.74) is 0. The zero-order valence-electron chi connectivity index (χ0n) is 8.24. The van der Waals surface area contributed by atoms with Crippen molar-refractivity contribution >= 4 is 32.6 Å². The minimum atomic E-state index is 0.727. The summed E-state index contributed by atoms with van der Waals surface area (Å²) in [6, 6.07) is 0.727. The van der Waals surface area contributed by atoms with E-state index in [9.17, 15) is 0 Å². The average Bonchev–Trinajstić information content (AvgIpc) is 2.92. The SMILES string of the molecule is CCc1nsc(N(CCBr)C2CC2)n1. The molecule has 5 heteroatoms. The highest BCUT2D eigenvalue weighted by Crippen LogP contribution is 2.32. The molecule has 0 N–H and O–H groups in total. The number of aromatic nitrogens is 2. The van der Waals surface area contributed by atoms with Crippen LogP contribution in [-0.4, -0.2) is 27.3 Å². The highest BCUT2D eigenvalue weighted by atomic mass is 79.9. The quantitative estimate of drug-likeness (QED) is 0.774. The van der Waals surface area contributed by atoms with Crippen LogP contribution in [0.2, 0.25) is 0 Å². The van der Waals surface area contributed by atoms with Crippen molar-refractivity contribution in [2.75, 3.05) is 16.8 Å². The van der Waals surface area contributed by atoms with Crippen LogP contribution in [0.25, 0.3) is 0 Å². The van der Waals surface area contributed by atoms with Gasteiger partial charge in [-0.25, -0.2) is 4.98 Å². The molecule has 1 aromatic rings. The number of anilines is 1. The van der Waals surface area contributed by atoms with Crippen LogP contribution in [0.1, 0.15) is 25.6 Å². The van der Waals surface area contributed by atoms with Gasteiger partial charge in [0.05, 0.1) is 0 Å². The van der Waals surface area contributed by atoms with E-state index in [1.54, 1.807) is 0 Å². The number of nitrogens with zero attached hydrogens (tertiary/aromatic N) is 3. The number of hydrogen-bond donors (Lipinski definition) is 0. The van der Waals surface area contributed by atoms with Crippen LogP contribution >= 0.6 is 27.5 Å². The van der Waals surface area contributed by atoms with Gasteiger partial charge in [-0.05, 0) is 12.8 Å². The summed E-state index contributed by atoms with van der Waals surface area (Å²) in [6.07, 6.45) is 3.56. The first-order valence-electron chi connectivity index (χ1n) is 5.00. The molecule has 0 atom stereocenters. The van der Waals surface area contributed by atoms with Crippen LogP contribution in [0.5, 0.6) is 0 Å². The Bertz CT molecular complexity index is 298. The molecule has 0 aliphatic heterocycles. The molecule has 0 radical (unpaired) electrons. The van der Waals surface area contributed by atoms with Crippen LogP contribution in [0.3, 0.4) is 0 Å². The van der Waals surface area contributed by atoms with Gasteiger partial charge in [-0.3, -0.25) is 0 Å². The van der Waals surface area contributed by atoms with Gasteiger partial charge >= 0.3 is 0 Å². The molecule has 0 unspecified atom stereocenters. The van der Waals surface area contributed by atoms with Gasteiger partial charge in [0.1, 0.15) is 5.82 Å². The van der Waals surface area contributed by atoms with E-state index in [0.717, 1.165) is 35.3 Å². The van der Waals surface area contributed by atoms with Gasteiger partial charge in [-0.1, -0.05) is 22.9 Å². The number of hydrogen-bond acceptors (Lipinski definition) is 4. The molecule has 0 amide bonds. The lowest BCUT2D eigenvalue weighted by Crippen LogP contribution is -2.27. The third kappa shape index (κ3) is 2.25. The lowest BCUT2D eigenvalue weighted by atomic mass is 10.5. The zero-order chi connectivity index (χ0) is 9.97. The molecule has 0 saturated heterocycles. The molecule has 78 valence electrons. The van der Waals surface area contributed by atoms with Gasteiger partial charge in [-0.2, -0.15) is 4.37 Å². The Balaban J connectivity index is 2.08. The van der Waals surface area contributed by atoms with Gasteiger partial charge in [0.2, 0.25) is 5.13 Å². The first-order valence-corrected chi connectivity index (χ1v) is 6.89. The summed E-state index contributed by atoms with van der Waals surface area (Å²) in [7, 11) is 0. The van der Waals surface area contributed by atoms with E-state index >= 15 is 0 Å². The summed E-state index contributed by atoms with van der Waals surface area (Å²) < 4.78 is 4.32. The second-order valence-electron chi connectivity index (χ2n) is 3.46. The second kappa shape index (κ2) is 4.57. The van der Waals surface area contributed by atoms with Crippen LogP contribution in [0.15, 0.2) is 0 Å². The standard InChI is InChI=1S/C9H14BrN3S/c1-2-8-11-9(14-12-8)13(6-5-10)7-3-4-7/h7H,2-6H2,1H3. The summed E-state index contributed by atoms with van der Waals surface area (Å²) in [5.74, 6) is 0.977. The summed E-state index contributed by atoms with van der Waals surface area (Å²) in [5, 5.41) is 2.11. The highest BCUT2D eigenvalue weighted by Gasteiger charge is 2.30. The van der Waals surface area contributed by atoms with E-state index in [4.69, 9.17) is 0 Å². The van der Waals surface area contributed by atoms with Crippen molar-refractivity contribution < 1.29 is 0 Å². The number of halogens is 1. The first kappa shape index (κ1) is 10.4. The van der Waals surface area contributed by atoms with Gasteiger partial charge in [0, 0.05) is 35.9 Å². The molecule has 1 aromatic heterocycles. The maximum Gasteiger partial charge on any atom is 0.205 e. The monoisotopic (exact) mass is 275 g/mol. The molecule has 0 bridgehead atoms. The molecule has 1 heterocycles. The predicted octanol–water partition coefficient (Wildman–Crippen LogP) is 2.46. The third-order valence-corrected chi connectivity index (χ3v) is 3.48. The lowest BCUT2D eigenvalue weighted by Gasteiger charge is -2.19. The fraction of sp³-hybridized carbons (Fsp3) is 0.778. The zero-order valence-corrected chi connectivity index (χ0v) is 10.6. The van der Waals surface area contributed by atoms with Crippen LogP contribution in [-0.2, 0) is 6.42 Å². The summed E-state index contributed by atoms with van der Waals surface area (Å²) >= 11 is 5.02. The van der Waals surface area contributed by atoms with Crippen molar-refractivity contribution in [2.24, 2.45) is 0 Å². The maximum atomic E-state index is 4.52. The normalized spacial score (nSPS) is 15.9. The Labute approximate surface area is 96.8 Å². The van der Waals surface area contributed by atoms with E-state index in [-0.39, 0.29) is 0 Å². The van der Waals surface area contributed by atoms with Crippen molar-refractivity contribution in [2.45, 2.75) is 32.2 Å². The Morgan fingerprint density at radius 2 is 2.36 bits per heavy atom. The van der Waals surface area contributed by atoms with Gasteiger partial charge < -0.3 is 4.90 Å². The molecular weight excluding hydrogens is 262 g/mol. The molecule has 1 aliphatic rings. The van der Waals surface area contributed by atoms with Crippen molar-refractivity contribution in [3.8, 4) is 0 Å². The smallest absolute Gasteiger partial charge is 0.205 e. The largest absolute Gasteiger partial charge is 0.343 e. The minimum Gasteiger partial charge on any atom is -0.343 e. The molecule has 3 nitrogen and oxygen atoms in total. The molecular formula is C9H14BrN3S. The second-order valence-corrected chi connectivity index (χ2v) is 4.98. The van der Waals surface area contributed by atoms with Gasteiger partial charge in [0.25, 0.3) is 0 Å². The fourth-order valence-corrected chi connectivity index (χ4v) is 2.65. The predicted molar refractivity (Wildman–Crippen MR) is 63.4 cm³/mol. The first-order chi connectivity index (χ1) is 6.85. The van der Waals surface area contributed by atoms with Crippen molar-refractivity contribution in [3.05, 3.63) is 5.82 Å². The Hall–Kier alpha value is -0.160. The molecule has 2 rings (SSSR count). The number of rotatable bonds is 5. The van der Waals surface area contributed by atoms with Crippen LogP contribution in [0.4, 0.5) is 5.13 Å². The van der Waals surface area contributed by atoms with E-state index in [1.165, 1.54) is 24.4 Å². The molecule has 1 aliphatic carbocycles. The van der Waals surface area contributed by atoms with Crippen LogP contribution < -0.4 is 4.90 Å². The maximum absolute atomic E-state index is 4.52. The Morgan fingerprint density at radius 3 is 2.86 bits per heavy atom. The third-order valence-electron chi connectivity index (χ3n) is 2.33. The van der Waals surface area contributed by atoms with E-state index in [0.29, 0.717) is 0 Å². The Morgan fingerprint density at radius 1 is 1.57 bits per heavy atom. The Kier molecular flexibility index (Phi) is 3.38. The molecule has 14 heavy (non-hydrogen) atoms. The minimum absolute atomic E-state index is 0.727. The topological polar surface area (TPSA) is 29.0 Å².